The van der Waals surface area contributed by atoms with Crippen LogP contribution in [0.25, 0.3) is 0 Å². The van der Waals surface area contributed by atoms with Gasteiger partial charge in [-0.15, -0.1) is 0 Å². The minimum atomic E-state index is -1.22. The van der Waals surface area contributed by atoms with Gasteiger partial charge in [-0.2, -0.15) is 0 Å². The van der Waals surface area contributed by atoms with E-state index in [4.69, 9.17) is 5.11 Å². The van der Waals surface area contributed by atoms with Crippen LogP contribution >= 0.6 is 0 Å². The summed E-state index contributed by atoms with van der Waals surface area (Å²) in [5.41, 5.74) is 2.84. The molecule has 1 aromatic rings. The highest BCUT2D eigenvalue weighted by Gasteiger charge is 2.24. The highest BCUT2D eigenvalue weighted by Crippen LogP contribution is 2.34. The molecule has 9 nitrogen and oxygen atoms in total. The van der Waals surface area contributed by atoms with Gasteiger partial charge in [0.15, 0.2) is 6.61 Å². The first-order valence-electron chi connectivity index (χ1n) is 5.18. The van der Waals surface area contributed by atoms with E-state index in [1.807, 2.05) is 0 Å². The van der Waals surface area contributed by atoms with Crippen LogP contribution < -0.4 is 10.8 Å². The second-order valence-corrected chi connectivity index (χ2v) is 3.79. The fourth-order valence-corrected chi connectivity index (χ4v) is 1.67. The molecule has 100 valence electrons. The van der Waals surface area contributed by atoms with Gasteiger partial charge in [-0.1, -0.05) is 0 Å². The van der Waals surface area contributed by atoms with Crippen molar-refractivity contribution in [2.75, 3.05) is 17.4 Å². The molecule has 1 amide bonds. The van der Waals surface area contributed by atoms with Crippen LogP contribution in [0.2, 0.25) is 0 Å². The summed E-state index contributed by atoms with van der Waals surface area (Å²) in [6, 6.07) is 2.58. The number of nitrogens with zero attached hydrogens (tertiary/aromatic N) is 1. The van der Waals surface area contributed by atoms with Crippen molar-refractivity contribution in [1.29, 1.82) is 0 Å². The maximum atomic E-state index is 11.2. The number of fused-ring (bicyclic) bond motifs is 1. The third-order valence-electron chi connectivity index (χ3n) is 2.42. The van der Waals surface area contributed by atoms with Gasteiger partial charge >= 0.3 is 5.97 Å². The Morgan fingerprint density at radius 2 is 2.32 bits per heavy atom. The van der Waals surface area contributed by atoms with E-state index in [1.165, 1.54) is 12.1 Å². The number of benzene rings is 1. The summed E-state index contributed by atoms with van der Waals surface area (Å²) >= 11 is 0. The van der Waals surface area contributed by atoms with Crippen molar-refractivity contribution in [2.45, 2.75) is 6.42 Å². The fraction of sp³-hybridized carbons (Fsp3) is 0.200. The Morgan fingerprint density at radius 1 is 1.58 bits per heavy atom. The Morgan fingerprint density at radius 3 is 2.95 bits per heavy atom. The Kier molecular flexibility index (Phi) is 3.29. The predicted octanol–water partition coefficient (Wildman–Crippen LogP) is 0.517. The number of hydrogen-bond acceptors (Lipinski definition) is 6. The molecular formula is C10H9N3O6. The van der Waals surface area contributed by atoms with E-state index in [0.717, 1.165) is 0 Å². The van der Waals surface area contributed by atoms with Crippen molar-refractivity contribution in [1.82, 2.24) is 0 Å². The topological polar surface area (TPSA) is 131 Å². The van der Waals surface area contributed by atoms with E-state index < -0.39 is 17.5 Å². The van der Waals surface area contributed by atoms with Crippen LogP contribution in [0, 0.1) is 10.1 Å². The molecule has 0 radical (unpaired) electrons. The van der Waals surface area contributed by atoms with E-state index in [2.05, 4.69) is 15.6 Å². The molecule has 2 rings (SSSR count). The van der Waals surface area contributed by atoms with Gasteiger partial charge in [-0.05, 0) is 11.6 Å². The van der Waals surface area contributed by atoms with Crippen molar-refractivity contribution >= 4 is 28.9 Å². The molecule has 0 aromatic heterocycles. The zero-order valence-corrected chi connectivity index (χ0v) is 9.50. The maximum absolute atomic E-state index is 11.2. The second kappa shape index (κ2) is 4.90. The van der Waals surface area contributed by atoms with Gasteiger partial charge in [-0.3, -0.25) is 25.2 Å². The van der Waals surface area contributed by atoms with Gasteiger partial charge in [-0.25, -0.2) is 4.79 Å². The molecule has 1 heterocycles. The highest BCUT2D eigenvalue weighted by atomic mass is 16.7. The van der Waals surface area contributed by atoms with Gasteiger partial charge in [0.05, 0.1) is 11.3 Å². The number of carbonyl (C=O) groups excluding carboxylic acids is 1. The number of nitrogens with one attached hydrogen (secondary N) is 2. The van der Waals surface area contributed by atoms with Crippen molar-refractivity contribution in [3.05, 3.63) is 27.8 Å². The summed E-state index contributed by atoms with van der Waals surface area (Å²) in [5, 5.41) is 21.8. The lowest BCUT2D eigenvalue weighted by Crippen LogP contribution is -2.12. The monoisotopic (exact) mass is 267 g/mol. The van der Waals surface area contributed by atoms with Gasteiger partial charge in [0.25, 0.3) is 5.69 Å². The summed E-state index contributed by atoms with van der Waals surface area (Å²) < 4.78 is 0. The largest absolute Gasteiger partial charge is 0.479 e. The van der Waals surface area contributed by atoms with Crippen molar-refractivity contribution in [3.63, 3.8) is 0 Å². The van der Waals surface area contributed by atoms with E-state index in [0.29, 0.717) is 11.3 Å². The van der Waals surface area contributed by atoms with Gasteiger partial charge < -0.3 is 10.4 Å². The lowest BCUT2D eigenvalue weighted by molar-refractivity contribution is -0.384. The first-order chi connectivity index (χ1) is 8.97. The van der Waals surface area contributed by atoms with E-state index in [9.17, 15) is 19.7 Å². The van der Waals surface area contributed by atoms with Crippen LogP contribution in [0.15, 0.2) is 12.1 Å². The molecule has 1 aliphatic rings. The van der Waals surface area contributed by atoms with E-state index >= 15 is 0 Å². The Hall–Kier alpha value is -2.68. The Bertz CT molecular complexity index is 571. The summed E-state index contributed by atoms with van der Waals surface area (Å²) in [7, 11) is 0. The van der Waals surface area contributed by atoms with Crippen LogP contribution in [-0.4, -0.2) is 28.5 Å². The lowest BCUT2D eigenvalue weighted by atomic mass is 10.1. The number of rotatable bonds is 5. The normalized spacial score (nSPS) is 12.7. The SMILES string of the molecule is O=C(O)CONc1cc2c(cc1[N+](=O)[O-])CC(=O)N2. The van der Waals surface area contributed by atoms with Gasteiger partial charge in [0.2, 0.25) is 5.91 Å². The molecule has 0 saturated carbocycles. The van der Waals surface area contributed by atoms with Crippen molar-refractivity contribution < 1.29 is 24.5 Å². The average Bonchev–Trinajstić information content (AvgIpc) is 2.66. The molecule has 1 aromatic carbocycles. The number of carbonyl (C=O) groups is 2. The molecule has 3 N–H and O–H groups in total. The number of nitro groups is 1. The van der Waals surface area contributed by atoms with Gasteiger partial charge in [0, 0.05) is 11.8 Å². The number of hydrogen-bond donors (Lipinski definition) is 3. The number of aliphatic carboxylic acids is 1. The zero-order valence-electron chi connectivity index (χ0n) is 9.50. The molecule has 0 atom stereocenters. The molecule has 0 spiro atoms. The highest BCUT2D eigenvalue weighted by molar-refractivity contribution is 6.00. The zero-order chi connectivity index (χ0) is 14.0. The third-order valence-corrected chi connectivity index (χ3v) is 2.42. The quantitative estimate of drug-likeness (QED) is 0.523. The smallest absolute Gasteiger partial charge is 0.332 e. The van der Waals surface area contributed by atoms with E-state index in [1.54, 1.807) is 0 Å². The minimum absolute atomic E-state index is 0.0211. The standard InChI is InChI=1S/C10H9N3O6/c14-9-2-5-1-8(13(17)18)7(3-6(5)11-9)12-19-4-10(15)16/h1,3,12H,2,4H2,(H,11,14)(H,15,16). The number of amides is 1. The number of carboxylic acids is 1. The van der Waals surface area contributed by atoms with Crippen molar-refractivity contribution in [3.8, 4) is 0 Å². The molecule has 9 heteroatoms. The number of anilines is 2. The first-order valence-corrected chi connectivity index (χ1v) is 5.18. The number of carboxylic acid groups (broad SMARTS) is 1. The van der Waals surface area contributed by atoms with Crippen LogP contribution in [-0.2, 0) is 20.8 Å². The predicted molar refractivity (Wildman–Crippen MR) is 62.6 cm³/mol. The Balaban J connectivity index is 2.26. The number of nitro benzene ring substituents is 1. The molecule has 19 heavy (non-hydrogen) atoms. The molecule has 0 aliphatic carbocycles. The Labute approximate surface area is 106 Å². The minimum Gasteiger partial charge on any atom is -0.479 e. The third kappa shape index (κ3) is 2.77. The molecule has 1 aliphatic heterocycles. The molecule has 0 saturated heterocycles. The fourth-order valence-electron chi connectivity index (χ4n) is 1.67. The summed E-state index contributed by atoms with van der Waals surface area (Å²) in [6.45, 7) is -0.652. The molecule has 0 unspecified atom stereocenters. The summed E-state index contributed by atoms with van der Waals surface area (Å²) in [5.74, 6) is -1.47. The molecule has 0 fully saturated rings. The van der Waals surface area contributed by atoms with Crippen molar-refractivity contribution in [2.24, 2.45) is 0 Å². The lowest BCUT2D eigenvalue weighted by Gasteiger charge is -2.08. The second-order valence-electron chi connectivity index (χ2n) is 3.79. The van der Waals surface area contributed by atoms with E-state index in [-0.39, 0.29) is 23.7 Å². The average molecular weight is 267 g/mol. The van der Waals surface area contributed by atoms with Crippen LogP contribution in [0.5, 0.6) is 0 Å². The van der Waals surface area contributed by atoms with Crippen LogP contribution in [0.4, 0.5) is 17.1 Å². The maximum Gasteiger partial charge on any atom is 0.332 e. The van der Waals surface area contributed by atoms with Crippen LogP contribution in [0.3, 0.4) is 0 Å². The summed E-state index contributed by atoms with van der Waals surface area (Å²) in [6.07, 6.45) is 0.0758. The molecule has 0 bridgehead atoms. The summed E-state index contributed by atoms with van der Waals surface area (Å²) in [4.78, 5) is 36.3. The first kappa shape index (κ1) is 12.8. The van der Waals surface area contributed by atoms with Gasteiger partial charge in [0.1, 0.15) is 5.69 Å². The van der Waals surface area contributed by atoms with Crippen LogP contribution in [0.1, 0.15) is 5.56 Å². The molecular weight excluding hydrogens is 258 g/mol.